The van der Waals surface area contributed by atoms with Crippen LogP contribution in [-0.2, 0) is 6.54 Å². The van der Waals surface area contributed by atoms with Crippen LogP contribution in [0.4, 0.5) is 5.82 Å². The van der Waals surface area contributed by atoms with Gasteiger partial charge in [-0.05, 0) is 49.1 Å². The van der Waals surface area contributed by atoms with Gasteiger partial charge in [-0.25, -0.2) is 9.67 Å². The number of aryl methyl sites for hydroxylation is 2. The molecule has 2 aromatic heterocycles. The van der Waals surface area contributed by atoms with Crippen molar-refractivity contribution in [2.24, 2.45) is 5.92 Å². The molecule has 0 bridgehead atoms. The summed E-state index contributed by atoms with van der Waals surface area (Å²) in [4.78, 5) is 17.7. The lowest BCUT2D eigenvalue weighted by Gasteiger charge is -2.06. The van der Waals surface area contributed by atoms with Crippen molar-refractivity contribution in [3.63, 3.8) is 0 Å². The molecule has 2 heterocycles. The van der Waals surface area contributed by atoms with Crippen LogP contribution in [0.3, 0.4) is 0 Å². The fourth-order valence-corrected chi connectivity index (χ4v) is 3.43. The largest absolute Gasteiger partial charge is 0.304 e. The summed E-state index contributed by atoms with van der Waals surface area (Å²) < 4.78 is 1.90. The number of pyridine rings is 1. The first-order chi connectivity index (χ1) is 13.4. The molecule has 0 unspecified atom stereocenters. The molecule has 2 aromatic carbocycles. The minimum absolute atomic E-state index is 0.154. The maximum Gasteiger partial charge on any atom is 0.257 e. The van der Waals surface area contributed by atoms with E-state index in [2.05, 4.69) is 50.4 Å². The Bertz CT molecular complexity index is 1190. The van der Waals surface area contributed by atoms with Gasteiger partial charge in [0.1, 0.15) is 0 Å². The monoisotopic (exact) mass is 372 g/mol. The van der Waals surface area contributed by atoms with Crippen LogP contribution in [0.5, 0.6) is 0 Å². The van der Waals surface area contributed by atoms with E-state index in [9.17, 15) is 4.79 Å². The summed E-state index contributed by atoms with van der Waals surface area (Å²) in [5.41, 5.74) is 4.49. The number of rotatable bonds is 4. The molecule has 4 aromatic rings. The van der Waals surface area contributed by atoms with Gasteiger partial charge in [0.15, 0.2) is 11.5 Å². The molecule has 4 rings (SSSR count). The minimum atomic E-state index is -0.154. The zero-order valence-corrected chi connectivity index (χ0v) is 16.7. The molecule has 0 saturated carbocycles. The van der Waals surface area contributed by atoms with E-state index < -0.39 is 0 Å². The highest BCUT2D eigenvalue weighted by molar-refractivity contribution is 6.09. The van der Waals surface area contributed by atoms with Gasteiger partial charge in [-0.15, -0.1) is 0 Å². The third-order valence-electron chi connectivity index (χ3n) is 4.83. The van der Waals surface area contributed by atoms with E-state index in [0.717, 1.165) is 34.0 Å². The van der Waals surface area contributed by atoms with Crippen molar-refractivity contribution in [1.82, 2.24) is 14.8 Å². The van der Waals surface area contributed by atoms with Gasteiger partial charge in [0.25, 0.3) is 5.91 Å². The van der Waals surface area contributed by atoms with Crippen LogP contribution in [-0.4, -0.2) is 20.7 Å². The molecule has 5 nitrogen and oxygen atoms in total. The maximum atomic E-state index is 12.8. The predicted molar refractivity (Wildman–Crippen MR) is 114 cm³/mol. The summed E-state index contributed by atoms with van der Waals surface area (Å²) in [5, 5.41) is 9.59. The van der Waals surface area contributed by atoms with E-state index in [0.29, 0.717) is 17.3 Å². The van der Waals surface area contributed by atoms with Gasteiger partial charge < -0.3 is 5.32 Å². The van der Waals surface area contributed by atoms with Gasteiger partial charge in [0, 0.05) is 17.5 Å². The van der Waals surface area contributed by atoms with E-state index in [1.54, 1.807) is 0 Å². The van der Waals surface area contributed by atoms with Crippen molar-refractivity contribution >= 4 is 33.7 Å². The van der Waals surface area contributed by atoms with Gasteiger partial charge in [0.2, 0.25) is 0 Å². The second-order valence-corrected chi connectivity index (χ2v) is 7.75. The first-order valence-corrected chi connectivity index (χ1v) is 9.57. The van der Waals surface area contributed by atoms with Crippen LogP contribution in [0.25, 0.3) is 21.9 Å². The number of hydrogen-bond acceptors (Lipinski definition) is 3. The zero-order chi connectivity index (χ0) is 19.8. The third kappa shape index (κ3) is 3.36. The van der Waals surface area contributed by atoms with Gasteiger partial charge in [0.05, 0.1) is 10.9 Å². The molecular formula is C23H24N4O. The molecule has 0 spiro atoms. The molecule has 0 aliphatic rings. The highest BCUT2D eigenvalue weighted by Gasteiger charge is 2.17. The molecule has 1 amide bonds. The minimum Gasteiger partial charge on any atom is -0.304 e. The Morgan fingerprint density at radius 2 is 1.89 bits per heavy atom. The Morgan fingerprint density at radius 1 is 1.11 bits per heavy atom. The van der Waals surface area contributed by atoms with Gasteiger partial charge in [-0.1, -0.05) is 44.2 Å². The lowest BCUT2D eigenvalue weighted by molar-refractivity contribution is 0.102. The Labute approximate surface area is 164 Å². The summed E-state index contributed by atoms with van der Waals surface area (Å²) in [6, 6.07) is 15.8. The van der Waals surface area contributed by atoms with Gasteiger partial charge >= 0.3 is 0 Å². The van der Waals surface area contributed by atoms with E-state index in [4.69, 9.17) is 10.1 Å². The van der Waals surface area contributed by atoms with E-state index in [1.807, 2.05) is 35.9 Å². The summed E-state index contributed by atoms with van der Waals surface area (Å²) in [6.45, 7) is 9.02. The number of nitrogens with one attached hydrogen (secondary N) is 1. The molecule has 0 aliphatic carbocycles. The fraction of sp³-hybridized carbons (Fsp3) is 0.261. The first-order valence-electron chi connectivity index (χ1n) is 9.57. The number of carbonyl (C=O) groups excluding carboxylic acids is 1. The van der Waals surface area contributed by atoms with Gasteiger partial charge in [-0.2, -0.15) is 5.10 Å². The van der Waals surface area contributed by atoms with Crippen molar-refractivity contribution in [3.8, 4) is 0 Å². The molecule has 1 N–H and O–H groups in total. The highest BCUT2D eigenvalue weighted by atomic mass is 16.1. The second-order valence-electron chi connectivity index (χ2n) is 7.75. The average Bonchev–Trinajstić information content (AvgIpc) is 2.96. The zero-order valence-electron chi connectivity index (χ0n) is 16.7. The molecular weight excluding hydrogens is 348 g/mol. The van der Waals surface area contributed by atoms with Crippen LogP contribution >= 0.6 is 0 Å². The van der Waals surface area contributed by atoms with Crippen LogP contribution in [0, 0.1) is 19.8 Å². The normalized spacial score (nSPS) is 11.5. The standard InChI is InChI=1S/C23H24N4O/c1-14(2)13-27-22-19(12-17-10-9-15(3)11-20(17)24-22)21(26-27)25-23(28)18-8-6-5-7-16(18)4/h5-12,14H,13H2,1-4H3,(H,25,26,28). The van der Waals surface area contributed by atoms with E-state index in [-0.39, 0.29) is 5.91 Å². The molecule has 28 heavy (non-hydrogen) atoms. The molecule has 5 heteroatoms. The molecule has 0 fully saturated rings. The van der Waals surface area contributed by atoms with E-state index >= 15 is 0 Å². The fourth-order valence-electron chi connectivity index (χ4n) is 3.43. The molecule has 0 atom stereocenters. The number of benzene rings is 2. The van der Waals surface area contributed by atoms with Crippen molar-refractivity contribution in [3.05, 3.63) is 65.2 Å². The van der Waals surface area contributed by atoms with Crippen molar-refractivity contribution in [2.45, 2.75) is 34.2 Å². The molecule has 0 aliphatic heterocycles. The number of nitrogens with zero attached hydrogens (tertiary/aromatic N) is 3. The summed E-state index contributed by atoms with van der Waals surface area (Å²) >= 11 is 0. The van der Waals surface area contributed by atoms with Gasteiger partial charge in [-0.3, -0.25) is 4.79 Å². The first kappa shape index (κ1) is 18.2. The topological polar surface area (TPSA) is 59.8 Å². The van der Waals surface area contributed by atoms with Crippen LogP contribution < -0.4 is 5.32 Å². The Morgan fingerprint density at radius 3 is 2.64 bits per heavy atom. The molecule has 0 saturated heterocycles. The predicted octanol–water partition coefficient (Wildman–Crippen LogP) is 5.11. The smallest absolute Gasteiger partial charge is 0.257 e. The summed E-state index contributed by atoms with van der Waals surface area (Å²) in [6.07, 6.45) is 0. The van der Waals surface area contributed by atoms with Crippen molar-refractivity contribution in [1.29, 1.82) is 0 Å². The molecule has 0 radical (unpaired) electrons. The number of amides is 1. The number of hydrogen-bond donors (Lipinski definition) is 1. The Hall–Kier alpha value is -3.21. The summed E-state index contributed by atoms with van der Waals surface area (Å²) in [7, 11) is 0. The van der Waals surface area contributed by atoms with Crippen LogP contribution in [0.2, 0.25) is 0 Å². The second kappa shape index (κ2) is 7.08. The van der Waals surface area contributed by atoms with Crippen molar-refractivity contribution in [2.75, 3.05) is 5.32 Å². The van der Waals surface area contributed by atoms with Crippen LogP contribution in [0.1, 0.15) is 35.3 Å². The SMILES string of the molecule is Cc1ccc2cc3c(NC(=O)c4ccccc4C)nn(CC(C)C)c3nc2c1. The lowest BCUT2D eigenvalue weighted by Crippen LogP contribution is -2.14. The summed E-state index contributed by atoms with van der Waals surface area (Å²) in [5.74, 6) is 0.815. The third-order valence-corrected chi connectivity index (χ3v) is 4.83. The average molecular weight is 372 g/mol. The highest BCUT2D eigenvalue weighted by Crippen LogP contribution is 2.27. The lowest BCUT2D eigenvalue weighted by atomic mass is 10.1. The van der Waals surface area contributed by atoms with Crippen molar-refractivity contribution < 1.29 is 4.79 Å². The number of aromatic nitrogens is 3. The van der Waals surface area contributed by atoms with Crippen LogP contribution in [0.15, 0.2) is 48.5 Å². The quantitative estimate of drug-likeness (QED) is 0.541. The number of carbonyl (C=O) groups is 1. The number of anilines is 1. The maximum absolute atomic E-state index is 12.8. The molecule has 142 valence electrons. The van der Waals surface area contributed by atoms with E-state index in [1.165, 1.54) is 5.56 Å². The Kier molecular flexibility index (Phi) is 4.59. The Balaban J connectivity index is 1.84. The number of fused-ring (bicyclic) bond motifs is 2.